The van der Waals surface area contributed by atoms with E-state index in [-0.39, 0.29) is 28.8 Å². The summed E-state index contributed by atoms with van der Waals surface area (Å²) in [7, 11) is 0. The van der Waals surface area contributed by atoms with Crippen LogP contribution in [0.3, 0.4) is 0 Å². The molecule has 1 aromatic carbocycles. The lowest BCUT2D eigenvalue weighted by Crippen LogP contribution is -2.34. The van der Waals surface area contributed by atoms with E-state index in [1.807, 2.05) is 30.3 Å². The van der Waals surface area contributed by atoms with Gasteiger partial charge in [0.2, 0.25) is 5.91 Å². The number of carbonyl (C=O) groups excluding carboxylic acids is 1. The second kappa shape index (κ2) is 9.61. The van der Waals surface area contributed by atoms with Crippen molar-refractivity contribution in [1.29, 1.82) is 10.5 Å². The molecule has 2 aromatic rings. The summed E-state index contributed by atoms with van der Waals surface area (Å²) in [6.45, 7) is 4.38. The van der Waals surface area contributed by atoms with Gasteiger partial charge >= 0.3 is 0 Å². The highest BCUT2D eigenvalue weighted by molar-refractivity contribution is 8.00. The van der Waals surface area contributed by atoms with E-state index in [2.05, 4.69) is 29.4 Å². The third-order valence-electron chi connectivity index (χ3n) is 4.20. The molecule has 138 valence electrons. The van der Waals surface area contributed by atoms with Crippen molar-refractivity contribution < 1.29 is 4.79 Å². The predicted octanol–water partition coefficient (Wildman–Crippen LogP) is 3.20. The largest absolute Gasteiger partial charge is 0.383 e. The van der Waals surface area contributed by atoms with Crippen LogP contribution in [0.5, 0.6) is 0 Å². The summed E-state index contributed by atoms with van der Waals surface area (Å²) in [5.74, 6) is 0.162. The number of nitrogens with zero attached hydrogens (tertiary/aromatic N) is 3. The highest BCUT2D eigenvalue weighted by Crippen LogP contribution is 2.27. The minimum absolute atomic E-state index is 0.0572. The Balaban J connectivity index is 2.03. The standard InChI is InChI=1S/C20H21N5OS/c1-3-14(15-7-5-4-6-8-15)12-24-19(26)13(2)27-20-17(11-22)9-16(10-21)18(23)25-20/h4-9,13-14H,3,12H2,1-2H3,(H2,23,25)(H,24,26)/t13-,14-/m1/s1. The van der Waals surface area contributed by atoms with E-state index in [4.69, 9.17) is 11.0 Å². The Morgan fingerprint density at radius 2 is 1.93 bits per heavy atom. The van der Waals surface area contributed by atoms with Crippen LogP contribution in [0.2, 0.25) is 0 Å². The first kappa shape index (κ1) is 20.3. The van der Waals surface area contributed by atoms with E-state index < -0.39 is 5.25 Å². The van der Waals surface area contributed by atoms with E-state index in [0.29, 0.717) is 11.6 Å². The van der Waals surface area contributed by atoms with Gasteiger partial charge in [-0.2, -0.15) is 10.5 Å². The fourth-order valence-electron chi connectivity index (χ4n) is 2.58. The van der Waals surface area contributed by atoms with Crippen LogP contribution in [0.1, 0.15) is 42.9 Å². The zero-order valence-corrected chi connectivity index (χ0v) is 16.1. The number of carbonyl (C=O) groups is 1. The van der Waals surface area contributed by atoms with Gasteiger partial charge < -0.3 is 11.1 Å². The number of hydrogen-bond acceptors (Lipinski definition) is 6. The minimum atomic E-state index is -0.454. The van der Waals surface area contributed by atoms with Gasteiger partial charge in [-0.05, 0) is 25.0 Å². The van der Waals surface area contributed by atoms with Crippen molar-refractivity contribution in [2.45, 2.75) is 36.5 Å². The first-order valence-corrected chi connectivity index (χ1v) is 9.48. The Kier molecular flexibility index (Phi) is 7.22. The molecule has 3 N–H and O–H groups in total. The average molecular weight is 379 g/mol. The minimum Gasteiger partial charge on any atom is -0.383 e. The maximum absolute atomic E-state index is 12.5. The molecule has 1 heterocycles. The van der Waals surface area contributed by atoms with E-state index in [1.165, 1.54) is 11.6 Å². The maximum Gasteiger partial charge on any atom is 0.233 e. The van der Waals surface area contributed by atoms with Crippen LogP contribution < -0.4 is 11.1 Å². The van der Waals surface area contributed by atoms with Gasteiger partial charge in [-0.3, -0.25) is 4.79 Å². The number of benzene rings is 1. The molecular weight excluding hydrogens is 358 g/mol. The Morgan fingerprint density at radius 1 is 1.26 bits per heavy atom. The van der Waals surface area contributed by atoms with Gasteiger partial charge in [-0.15, -0.1) is 0 Å². The molecule has 7 heteroatoms. The van der Waals surface area contributed by atoms with Crippen molar-refractivity contribution in [2.24, 2.45) is 0 Å². The molecule has 2 rings (SSSR count). The maximum atomic E-state index is 12.5. The number of pyridine rings is 1. The number of nitrogens with one attached hydrogen (secondary N) is 1. The molecular formula is C20H21N5OS. The van der Waals surface area contributed by atoms with E-state index >= 15 is 0 Å². The van der Waals surface area contributed by atoms with Crippen LogP contribution in [-0.4, -0.2) is 22.7 Å². The number of aromatic nitrogens is 1. The molecule has 1 amide bonds. The molecule has 2 atom stereocenters. The smallest absolute Gasteiger partial charge is 0.233 e. The fourth-order valence-corrected chi connectivity index (χ4v) is 3.49. The number of amides is 1. The molecule has 0 bridgehead atoms. The van der Waals surface area contributed by atoms with Gasteiger partial charge in [0.05, 0.1) is 16.4 Å². The predicted molar refractivity (Wildman–Crippen MR) is 106 cm³/mol. The summed E-state index contributed by atoms with van der Waals surface area (Å²) in [6.07, 6.45) is 0.915. The van der Waals surface area contributed by atoms with Gasteiger partial charge in [0, 0.05) is 12.5 Å². The highest BCUT2D eigenvalue weighted by Gasteiger charge is 2.20. The number of hydrogen-bond donors (Lipinski definition) is 2. The third kappa shape index (κ3) is 5.22. The molecule has 0 unspecified atom stereocenters. The Hall–Kier alpha value is -3.03. The lowest BCUT2D eigenvalue weighted by Gasteiger charge is -2.18. The quantitative estimate of drug-likeness (QED) is 0.714. The van der Waals surface area contributed by atoms with Gasteiger partial charge in [0.25, 0.3) is 0 Å². The number of nitriles is 2. The topological polar surface area (TPSA) is 116 Å². The zero-order valence-electron chi connectivity index (χ0n) is 15.3. The van der Waals surface area contributed by atoms with Crippen LogP contribution in [0.4, 0.5) is 5.82 Å². The first-order chi connectivity index (χ1) is 13.0. The number of nitrogens with two attached hydrogens (primary N) is 1. The number of nitrogen functional groups attached to an aromatic ring is 1. The SMILES string of the molecule is CC[C@H](CNC(=O)[C@@H](C)Sc1nc(N)c(C#N)cc1C#N)c1ccccc1. The second-order valence-corrected chi connectivity index (χ2v) is 7.35. The van der Waals surface area contributed by atoms with Crippen LogP contribution in [0.15, 0.2) is 41.4 Å². The van der Waals surface area contributed by atoms with Crippen molar-refractivity contribution in [2.75, 3.05) is 12.3 Å². The van der Waals surface area contributed by atoms with Crippen molar-refractivity contribution in [3.8, 4) is 12.1 Å². The summed E-state index contributed by atoms with van der Waals surface area (Å²) >= 11 is 1.16. The molecule has 0 saturated carbocycles. The third-order valence-corrected chi connectivity index (χ3v) is 5.30. The number of thioether (sulfide) groups is 1. The van der Waals surface area contributed by atoms with E-state index in [0.717, 1.165) is 18.2 Å². The van der Waals surface area contributed by atoms with Crippen molar-refractivity contribution in [3.63, 3.8) is 0 Å². The molecule has 0 fully saturated rings. The number of rotatable bonds is 7. The van der Waals surface area contributed by atoms with E-state index in [1.54, 1.807) is 6.92 Å². The van der Waals surface area contributed by atoms with Gasteiger partial charge in [0.1, 0.15) is 23.0 Å². The lowest BCUT2D eigenvalue weighted by molar-refractivity contribution is -0.120. The summed E-state index contributed by atoms with van der Waals surface area (Å²) < 4.78 is 0. The Bertz CT molecular complexity index is 886. The van der Waals surface area contributed by atoms with Crippen molar-refractivity contribution in [1.82, 2.24) is 10.3 Å². The molecule has 0 saturated heterocycles. The van der Waals surface area contributed by atoms with Crippen LogP contribution >= 0.6 is 11.8 Å². The Morgan fingerprint density at radius 3 is 2.52 bits per heavy atom. The fraction of sp³-hybridized carbons (Fsp3) is 0.300. The molecule has 6 nitrogen and oxygen atoms in total. The normalized spacial score (nSPS) is 12.4. The molecule has 27 heavy (non-hydrogen) atoms. The van der Waals surface area contributed by atoms with Gasteiger partial charge in [-0.25, -0.2) is 4.98 Å². The molecule has 0 aliphatic rings. The second-order valence-electron chi connectivity index (χ2n) is 6.02. The van der Waals surface area contributed by atoms with Crippen molar-refractivity contribution >= 4 is 23.5 Å². The highest BCUT2D eigenvalue weighted by atomic mass is 32.2. The monoisotopic (exact) mass is 379 g/mol. The molecule has 0 radical (unpaired) electrons. The van der Waals surface area contributed by atoms with Gasteiger partial charge in [-0.1, -0.05) is 49.0 Å². The zero-order chi connectivity index (χ0) is 19.8. The summed E-state index contributed by atoms with van der Waals surface area (Å²) in [5.41, 5.74) is 7.31. The van der Waals surface area contributed by atoms with Crippen molar-refractivity contribution in [3.05, 3.63) is 53.1 Å². The lowest BCUT2D eigenvalue weighted by atomic mass is 9.96. The molecule has 0 spiro atoms. The first-order valence-electron chi connectivity index (χ1n) is 8.60. The van der Waals surface area contributed by atoms with Gasteiger partial charge in [0.15, 0.2) is 0 Å². The van der Waals surface area contributed by atoms with E-state index in [9.17, 15) is 10.1 Å². The molecule has 0 aliphatic carbocycles. The summed E-state index contributed by atoms with van der Waals surface area (Å²) in [6, 6.07) is 15.4. The Labute approximate surface area is 163 Å². The number of anilines is 1. The average Bonchev–Trinajstić information content (AvgIpc) is 2.69. The summed E-state index contributed by atoms with van der Waals surface area (Å²) in [4.78, 5) is 16.6. The molecule has 0 aliphatic heterocycles. The van der Waals surface area contributed by atoms with Crippen LogP contribution in [-0.2, 0) is 4.79 Å². The molecule has 1 aromatic heterocycles. The van der Waals surface area contributed by atoms with Crippen LogP contribution in [0, 0.1) is 22.7 Å². The summed E-state index contributed by atoms with van der Waals surface area (Å²) in [5, 5.41) is 21.1. The van der Waals surface area contributed by atoms with Crippen LogP contribution in [0.25, 0.3) is 0 Å².